The summed E-state index contributed by atoms with van der Waals surface area (Å²) in [7, 11) is 0. The average Bonchev–Trinajstić information content (AvgIpc) is 3.51. The van der Waals surface area contributed by atoms with E-state index in [1.165, 1.54) is 360 Å². The number of unbranched alkanes of at least 4 members (excludes halogenated alkanes) is 59. The third kappa shape index (κ3) is 71.3. The molecule has 0 saturated carbocycles. The maximum absolute atomic E-state index is 12.5. The van der Waals surface area contributed by atoms with Crippen LogP contribution in [0.15, 0.2) is 24.3 Å². The largest absolute Gasteiger partial charge is 0.466 e. The molecule has 0 fully saturated rings. The summed E-state index contributed by atoms with van der Waals surface area (Å²) in [5.41, 5.74) is 0. The lowest BCUT2D eigenvalue weighted by Gasteiger charge is -2.22. The molecule has 2 atom stereocenters. The van der Waals surface area contributed by atoms with Crippen molar-refractivity contribution in [2.75, 3.05) is 13.2 Å². The van der Waals surface area contributed by atoms with Gasteiger partial charge in [-0.2, -0.15) is 0 Å². The summed E-state index contributed by atoms with van der Waals surface area (Å²) >= 11 is 0. The van der Waals surface area contributed by atoms with Crippen molar-refractivity contribution in [2.45, 2.75) is 456 Å². The summed E-state index contributed by atoms with van der Waals surface area (Å²) in [5.74, 6) is -0.00778. The summed E-state index contributed by atoms with van der Waals surface area (Å²) in [5, 5.41) is 23.4. The number of nitrogens with one attached hydrogen (secondary N) is 1. The van der Waals surface area contributed by atoms with Crippen molar-refractivity contribution >= 4 is 11.9 Å². The van der Waals surface area contributed by atoms with Gasteiger partial charge in [-0.3, -0.25) is 9.59 Å². The predicted molar refractivity (Wildman–Crippen MR) is 375 cm³/mol. The third-order valence-electron chi connectivity index (χ3n) is 18.5. The summed E-state index contributed by atoms with van der Waals surface area (Å²) in [4.78, 5) is 24.7. The number of aliphatic hydroxyl groups is 2. The van der Waals surface area contributed by atoms with Crippen LogP contribution >= 0.6 is 0 Å². The maximum Gasteiger partial charge on any atom is 0.305 e. The van der Waals surface area contributed by atoms with Gasteiger partial charge in [0.05, 0.1) is 25.4 Å². The van der Waals surface area contributed by atoms with Crippen LogP contribution in [0, 0.1) is 0 Å². The van der Waals surface area contributed by atoms with E-state index in [9.17, 15) is 19.8 Å². The van der Waals surface area contributed by atoms with Crippen LogP contribution in [0.2, 0.25) is 0 Å². The Kier molecular flexibility index (Phi) is 73.3. The smallest absolute Gasteiger partial charge is 0.305 e. The Hall–Kier alpha value is -1.66. The lowest BCUT2D eigenvalue weighted by Crippen LogP contribution is -2.45. The van der Waals surface area contributed by atoms with Crippen LogP contribution in [0.25, 0.3) is 0 Å². The normalized spacial score (nSPS) is 12.6. The summed E-state index contributed by atoms with van der Waals surface area (Å²) in [6.45, 7) is 4.98. The quantitative estimate of drug-likeness (QED) is 0.0320. The van der Waals surface area contributed by atoms with Crippen molar-refractivity contribution in [1.82, 2.24) is 5.32 Å². The highest BCUT2D eigenvalue weighted by Crippen LogP contribution is 2.20. The van der Waals surface area contributed by atoms with Crippen molar-refractivity contribution < 1.29 is 24.5 Å². The number of carbonyl (C=O) groups is 2. The first-order valence-corrected chi connectivity index (χ1v) is 39.1. The highest BCUT2D eigenvalue weighted by atomic mass is 16.5. The molecule has 1 amide bonds. The van der Waals surface area contributed by atoms with E-state index in [2.05, 4.69) is 43.5 Å². The lowest BCUT2D eigenvalue weighted by molar-refractivity contribution is -0.143. The Morgan fingerprint density at radius 3 is 0.918 bits per heavy atom. The number of ether oxygens (including phenoxy) is 1. The third-order valence-corrected chi connectivity index (χ3v) is 18.5. The number of aliphatic hydroxyl groups excluding tert-OH is 2. The molecule has 0 aromatic carbocycles. The fraction of sp³-hybridized carbons (Fsp3) is 0.924. The molecule has 0 aliphatic rings. The van der Waals surface area contributed by atoms with Gasteiger partial charge in [0.2, 0.25) is 5.91 Å². The maximum atomic E-state index is 12.5. The van der Waals surface area contributed by atoms with Gasteiger partial charge in [0.1, 0.15) is 0 Å². The van der Waals surface area contributed by atoms with Gasteiger partial charge in [-0.25, -0.2) is 0 Å². The van der Waals surface area contributed by atoms with Crippen LogP contribution in [0.3, 0.4) is 0 Å². The molecule has 6 heteroatoms. The Balaban J connectivity index is 3.31. The molecule has 0 bridgehead atoms. The van der Waals surface area contributed by atoms with Gasteiger partial charge in [-0.05, 0) is 57.8 Å². The van der Waals surface area contributed by atoms with Gasteiger partial charge in [-0.15, -0.1) is 0 Å². The molecule has 2 unspecified atom stereocenters. The first-order valence-electron chi connectivity index (χ1n) is 39.1. The van der Waals surface area contributed by atoms with Crippen LogP contribution in [0.1, 0.15) is 444 Å². The monoisotopic (exact) mass is 1200 g/mol. The van der Waals surface area contributed by atoms with Crippen LogP contribution in [-0.4, -0.2) is 47.4 Å². The standard InChI is InChI=1S/C79H153NO5/c1-3-5-7-9-11-13-15-17-19-21-36-41-45-49-53-57-61-65-69-73-79(84)85-74-70-66-62-58-54-50-46-42-38-35-33-31-29-27-25-23-22-24-26-28-30-32-34-37-40-44-48-52-56-60-64-68-72-78(83)80-76(75-81)77(82)71-67-63-59-55-51-47-43-39-20-18-16-14-12-10-8-6-4-2/h11,13,17,19,76-77,81-82H,3-10,12,14-16,18,20-75H2,1-2H3,(H,80,83)/b13-11-,19-17-. The first kappa shape index (κ1) is 83.3. The molecule has 0 heterocycles. The van der Waals surface area contributed by atoms with Crippen LogP contribution in [0.5, 0.6) is 0 Å². The Labute approximate surface area is 532 Å². The molecule has 0 aromatic rings. The Morgan fingerprint density at radius 2 is 0.588 bits per heavy atom. The molecule has 0 aliphatic heterocycles. The van der Waals surface area contributed by atoms with Crippen molar-refractivity contribution in [1.29, 1.82) is 0 Å². The van der Waals surface area contributed by atoms with Gasteiger partial charge in [0.15, 0.2) is 0 Å². The number of hydrogen-bond donors (Lipinski definition) is 3. The second-order valence-electron chi connectivity index (χ2n) is 27.0. The second kappa shape index (κ2) is 74.8. The zero-order chi connectivity index (χ0) is 61.3. The number of carbonyl (C=O) groups excluding carboxylic acids is 2. The fourth-order valence-electron chi connectivity index (χ4n) is 12.6. The average molecular weight is 1200 g/mol. The number of allylic oxidation sites excluding steroid dienone is 4. The van der Waals surface area contributed by atoms with E-state index < -0.39 is 12.1 Å². The van der Waals surface area contributed by atoms with Gasteiger partial charge in [-0.1, -0.05) is 398 Å². The highest BCUT2D eigenvalue weighted by molar-refractivity contribution is 5.76. The van der Waals surface area contributed by atoms with Crippen molar-refractivity contribution in [3.8, 4) is 0 Å². The topological polar surface area (TPSA) is 95.9 Å². The molecular formula is C79H153NO5. The number of esters is 1. The van der Waals surface area contributed by atoms with E-state index in [1.807, 2.05) is 0 Å². The number of hydrogen-bond acceptors (Lipinski definition) is 5. The number of rotatable bonds is 74. The molecule has 0 spiro atoms. The summed E-state index contributed by atoms with van der Waals surface area (Å²) < 4.78 is 5.52. The zero-order valence-electron chi connectivity index (χ0n) is 57.9. The first-order chi connectivity index (χ1) is 42.0. The molecule has 0 rings (SSSR count). The van der Waals surface area contributed by atoms with E-state index in [0.717, 1.165) is 51.4 Å². The molecule has 0 saturated heterocycles. The zero-order valence-corrected chi connectivity index (χ0v) is 57.9. The van der Waals surface area contributed by atoms with E-state index >= 15 is 0 Å². The fourth-order valence-corrected chi connectivity index (χ4v) is 12.6. The minimum atomic E-state index is -0.661. The number of amides is 1. The van der Waals surface area contributed by atoms with E-state index in [-0.39, 0.29) is 18.5 Å². The van der Waals surface area contributed by atoms with Crippen molar-refractivity contribution in [2.24, 2.45) is 0 Å². The second-order valence-corrected chi connectivity index (χ2v) is 27.0. The molecule has 85 heavy (non-hydrogen) atoms. The van der Waals surface area contributed by atoms with Gasteiger partial charge < -0.3 is 20.3 Å². The molecule has 0 aliphatic carbocycles. The Morgan fingerprint density at radius 1 is 0.329 bits per heavy atom. The van der Waals surface area contributed by atoms with Crippen molar-refractivity contribution in [3.63, 3.8) is 0 Å². The lowest BCUT2D eigenvalue weighted by atomic mass is 10.0. The molecule has 3 N–H and O–H groups in total. The van der Waals surface area contributed by atoms with E-state index in [1.54, 1.807) is 0 Å². The predicted octanol–water partition coefficient (Wildman–Crippen LogP) is 25.7. The molecule has 504 valence electrons. The van der Waals surface area contributed by atoms with Gasteiger partial charge >= 0.3 is 5.97 Å². The van der Waals surface area contributed by atoms with Crippen LogP contribution in [0.4, 0.5) is 0 Å². The molecule has 6 nitrogen and oxygen atoms in total. The summed E-state index contributed by atoms with van der Waals surface area (Å²) in [6, 6.07) is -0.538. The summed E-state index contributed by atoms with van der Waals surface area (Å²) in [6.07, 6.45) is 95.5. The highest BCUT2D eigenvalue weighted by Gasteiger charge is 2.20. The minimum Gasteiger partial charge on any atom is -0.466 e. The van der Waals surface area contributed by atoms with E-state index in [0.29, 0.717) is 25.9 Å². The van der Waals surface area contributed by atoms with Crippen LogP contribution < -0.4 is 5.32 Å². The molecule has 0 radical (unpaired) electrons. The molecule has 0 aromatic heterocycles. The SMILES string of the molecule is CCCCC/C=C\C/C=C\CCCCCCCCCCCC(=O)OCCCCCCCCCCCCCCCCCCCCCCCCCCCCCCCCCCC(=O)NC(CO)C(O)CCCCCCCCCCCCCCCCCCC. The van der Waals surface area contributed by atoms with Gasteiger partial charge in [0, 0.05) is 12.8 Å². The van der Waals surface area contributed by atoms with Crippen molar-refractivity contribution in [3.05, 3.63) is 24.3 Å². The minimum absolute atomic E-state index is 0.0184. The van der Waals surface area contributed by atoms with E-state index in [4.69, 9.17) is 4.74 Å². The molecular weight excluding hydrogens is 1040 g/mol. The van der Waals surface area contributed by atoms with Gasteiger partial charge in [0.25, 0.3) is 0 Å². The van der Waals surface area contributed by atoms with Crippen LogP contribution in [-0.2, 0) is 14.3 Å². The Bertz CT molecular complexity index is 1330.